The van der Waals surface area contributed by atoms with E-state index in [1.807, 2.05) is 24.0 Å². The first kappa shape index (κ1) is 15.5. The van der Waals surface area contributed by atoms with E-state index in [1.54, 1.807) is 0 Å². The number of benzene rings is 1. The normalized spacial score (nSPS) is 17.3. The molecule has 114 valence electrons. The summed E-state index contributed by atoms with van der Waals surface area (Å²) in [4.78, 5) is 19.4. The molecule has 1 aliphatic heterocycles. The molecule has 4 heteroatoms. The zero-order valence-corrected chi connectivity index (χ0v) is 13.1. The van der Waals surface area contributed by atoms with Gasteiger partial charge in [0, 0.05) is 24.9 Å². The van der Waals surface area contributed by atoms with Crippen molar-refractivity contribution in [1.82, 2.24) is 4.90 Å². The summed E-state index contributed by atoms with van der Waals surface area (Å²) in [6, 6.07) is 8.19. The van der Waals surface area contributed by atoms with Gasteiger partial charge in [-0.3, -0.25) is 4.79 Å². The molecule has 1 aliphatic rings. The molecule has 0 spiro atoms. The summed E-state index contributed by atoms with van der Waals surface area (Å²) < 4.78 is 0. The first-order chi connectivity index (χ1) is 10.2. The van der Waals surface area contributed by atoms with Crippen LogP contribution < -0.4 is 0 Å². The standard InChI is InChI=1S/C17H24N2O2/c1-4-10-19(17(20)5-2)12-14-11-16(18-21-14)15-9-7-6-8-13(15)3/h6-9,14H,4-5,10-12H2,1-3H3/t14-/m0/s1. The third kappa shape index (κ3) is 3.84. The van der Waals surface area contributed by atoms with Gasteiger partial charge in [-0.05, 0) is 18.9 Å². The molecule has 21 heavy (non-hydrogen) atoms. The van der Waals surface area contributed by atoms with Gasteiger partial charge in [0.25, 0.3) is 0 Å². The maximum absolute atomic E-state index is 11.9. The van der Waals surface area contributed by atoms with Gasteiger partial charge in [-0.15, -0.1) is 0 Å². The highest BCUT2D eigenvalue weighted by Gasteiger charge is 2.26. The molecule has 0 unspecified atom stereocenters. The lowest BCUT2D eigenvalue weighted by atomic mass is 10.0. The zero-order valence-electron chi connectivity index (χ0n) is 13.1. The predicted octanol–water partition coefficient (Wildman–Crippen LogP) is 3.14. The Balaban J connectivity index is 1.98. The summed E-state index contributed by atoms with van der Waals surface area (Å²) in [5, 5.41) is 4.23. The van der Waals surface area contributed by atoms with Crippen molar-refractivity contribution in [3.05, 3.63) is 35.4 Å². The Morgan fingerprint density at radius 1 is 1.38 bits per heavy atom. The third-order valence-corrected chi connectivity index (χ3v) is 3.76. The minimum Gasteiger partial charge on any atom is -0.390 e. The Bertz CT molecular complexity index is 525. The monoisotopic (exact) mass is 288 g/mol. The van der Waals surface area contributed by atoms with Gasteiger partial charge in [0.05, 0.1) is 12.3 Å². The lowest BCUT2D eigenvalue weighted by Gasteiger charge is -2.23. The Morgan fingerprint density at radius 3 is 2.81 bits per heavy atom. The van der Waals surface area contributed by atoms with E-state index >= 15 is 0 Å². The maximum atomic E-state index is 11.9. The molecule has 0 saturated heterocycles. The number of carbonyl (C=O) groups is 1. The fraction of sp³-hybridized carbons (Fsp3) is 0.529. The SMILES string of the molecule is CCCN(C[C@@H]1CC(c2ccccc2C)=NO1)C(=O)CC. The second kappa shape index (κ2) is 7.25. The quantitative estimate of drug-likeness (QED) is 0.807. The van der Waals surface area contributed by atoms with Crippen LogP contribution in [0.5, 0.6) is 0 Å². The van der Waals surface area contributed by atoms with Crippen molar-refractivity contribution in [2.24, 2.45) is 5.16 Å². The molecule has 1 aromatic rings. The number of hydrogen-bond acceptors (Lipinski definition) is 3. The largest absolute Gasteiger partial charge is 0.390 e. The topological polar surface area (TPSA) is 41.9 Å². The van der Waals surface area contributed by atoms with E-state index in [2.05, 4.69) is 31.1 Å². The lowest BCUT2D eigenvalue weighted by molar-refractivity contribution is -0.132. The van der Waals surface area contributed by atoms with Gasteiger partial charge in [0.15, 0.2) is 6.10 Å². The Hall–Kier alpha value is -1.84. The number of nitrogens with zero attached hydrogens (tertiary/aromatic N) is 2. The molecule has 0 bridgehead atoms. The summed E-state index contributed by atoms with van der Waals surface area (Å²) in [5.74, 6) is 0.185. The van der Waals surface area contributed by atoms with Crippen LogP contribution in [0.1, 0.15) is 44.2 Å². The number of aryl methyl sites for hydroxylation is 1. The average Bonchev–Trinajstić information content (AvgIpc) is 2.95. The molecule has 4 nitrogen and oxygen atoms in total. The number of amides is 1. The second-order valence-electron chi connectivity index (χ2n) is 5.48. The molecular weight excluding hydrogens is 264 g/mol. The summed E-state index contributed by atoms with van der Waals surface area (Å²) in [6.45, 7) is 7.47. The number of oxime groups is 1. The minimum absolute atomic E-state index is 0.0262. The van der Waals surface area contributed by atoms with Crippen LogP contribution in [-0.2, 0) is 9.63 Å². The van der Waals surface area contributed by atoms with Crippen molar-refractivity contribution >= 4 is 11.6 Å². The van der Waals surface area contributed by atoms with Crippen LogP contribution in [-0.4, -0.2) is 35.7 Å². The van der Waals surface area contributed by atoms with E-state index in [1.165, 1.54) is 5.56 Å². The lowest BCUT2D eigenvalue weighted by Crippen LogP contribution is -2.37. The molecule has 2 rings (SSSR count). The molecule has 1 heterocycles. The van der Waals surface area contributed by atoms with Gasteiger partial charge >= 0.3 is 0 Å². The molecular formula is C17H24N2O2. The number of carbonyl (C=O) groups excluding carboxylic acids is 1. The van der Waals surface area contributed by atoms with Crippen molar-refractivity contribution in [1.29, 1.82) is 0 Å². The van der Waals surface area contributed by atoms with E-state index in [0.29, 0.717) is 13.0 Å². The van der Waals surface area contributed by atoms with Crippen LogP contribution in [0.3, 0.4) is 0 Å². The number of rotatable bonds is 6. The highest BCUT2D eigenvalue weighted by molar-refractivity contribution is 6.02. The van der Waals surface area contributed by atoms with E-state index < -0.39 is 0 Å². The molecule has 0 saturated carbocycles. The predicted molar refractivity (Wildman–Crippen MR) is 84.4 cm³/mol. The highest BCUT2D eigenvalue weighted by atomic mass is 16.6. The van der Waals surface area contributed by atoms with Crippen LogP contribution in [0.25, 0.3) is 0 Å². The van der Waals surface area contributed by atoms with E-state index in [-0.39, 0.29) is 12.0 Å². The van der Waals surface area contributed by atoms with Crippen molar-refractivity contribution in [2.75, 3.05) is 13.1 Å². The molecule has 1 amide bonds. The third-order valence-electron chi connectivity index (χ3n) is 3.76. The fourth-order valence-electron chi connectivity index (χ4n) is 2.64. The van der Waals surface area contributed by atoms with E-state index in [9.17, 15) is 4.79 Å². The van der Waals surface area contributed by atoms with E-state index in [0.717, 1.165) is 30.7 Å². The Morgan fingerprint density at radius 2 is 2.14 bits per heavy atom. The van der Waals surface area contributed by atoms with Gasteiger partial charge in [0.1, 0.15) is 0 Å². The number of hydrogen-bond donors (Lipinski definition) is 0. The fourth-order valence-corrected chi connectivity index (χ4v) is 2.64. The van der Waals surface area contributed by atoms with Crippen molar-refractivity contribution in [2.45, 2.75) is 46.1 Å². The molecule has 0 radical (unpaired) electrons. The van der Waals surface area contributed by atoms with Crippen LogP contribution in [0.15, 0.2) is 29.4 Å². The first-order valence-corrected chi connectivity index (χ1v) is 7.72. The summed E-state index contributed by atoms with van der Waals surface area (Å²) in [5.41, 5.74) is 3.33. The maximum Gasteiger partial charge on any atom is 0.222 e. The molecule has 0 fully saturated rings. The molecule has 0 N–H and O–H groups in total. The average molecular weight is 288 g/mol. The molecule has 1 aromatic carbocycles. The summed E-state index contributed by atoms with van der Waals surface area (Å²) in [7, 11) is 0. The molecule has 0 aliphatic carbocycles. The van der Waals surface area contributed by atoms with Crippen molar-refractivity contribution in [3.63, 3.8) is 0 Å². The highest BCUT2D eigenvalue weighted by Crippen LogP contribution is 2.20. The van der Waals surface area contributed by atoms with Gasteiger partial charge in [-0.25, -0.2) is 0 Å². The van der Waals surface area contributed by atoms with Crippen molar-refractivity contribution < 1.29 is 9.63 Å². The van der Waals surface area contributed by atoms with E-state index in [4.69, 9.17) is 4.84 Å². The van der Waals surface area contributed by atoms with Crippen LogP contribution >= 0.6 is 0 Å². The van der Waals surface area contributed by atoms with Crippen LogP contribution in [0.4, 0.5) is 0 Å². The van der Waals surface area contributed by atoms with Gasteiger partial charge in [0.2, 0.25) is 5.91 Å². The zero-order chi connectivity index (χ0) is 15.2. The molecule has 0 aromatic heterocycles. The minimum atomic E-state index is -0.0262. The van der Waals surface area contributed by atoms with Crippen LogP contribution in [0.2, 0.25) is 0 Å². The Kier molecular flexibility index (Phi) is 5.37. The van der Waals surface area contributed by atoms with Crippen molar-refractivity contribution in [3.8, 4) is 0 Å². The van der Waals surface area contributed by atoms with Gasteiger partial charge < -0.3 is 9.74 Å². The first-order valence-electron chi connectivity index (χ1n) is 7.72. The smallest absolute Gasteiger partial charge is 0.222 e. The Labute approximate surface area is 126 Å². The summed E-state index contributed by atoms with van der Waals surface area (Å²) in [6.07, 6.45) is 2.24. The van der Waals surface area contributed by atoms with Gasteiger partial charge in [-0.2, -0.15) is 0 Å². The summed E-state index contributed by atoms with van der Waals surface area (Å²) >= 11 is 0. The van der Waals surface area contributed by atoms with Gasteiger partial charge in [-0.1, -0.05) is 43.3 Å². The molecule has 1 atom stereocenters. The second-order valence-corrected chi connectivity index (χ2v) is 5.48. The van der Waals surface area contributed by atoms with Crippen LogP contribution in [0, 0.1) is 6.92 Å².